The summed E-state index contributed by atoms with van der Waals surface area (Å²) >= 11 is 5.84. The molecule has 2 aromatic carbocycles. The Bertz CT molecular complexity index is 1110. The van der Waals surface area contributed by atoms with Crippen LogP contribution in [0.25, 0.3) is 0 Å². The Kier molecular flexibility index (Phi) is 5.71. The summed E-state index contributed by atoms with van der Waals surface area (Å²) in [6.07, 6.45) is 1.69. The minimum atomic E-state index is -3.82. The number of hydrogen-bond donors (Lipinski definition) is 1. The standard InChI is InChI=1S/C19H18ClN3O4S/c1-3-23-9-8-18(22-23)19(24)21-14-10-15(27-2)12-17(11-14)28(25,26)16-6-4-13(20)5-7-16/h4-12H,3H2,1-2H3,(H,21,24). The van der Waals surface area contributed by atoms with Crippen molar-refractivity contribution in [1.29, 1.82) is 0 Å². The van der Waals surface area contributed by atoms with Crippen LogP contribution in [0.1, 0.15) is 17.4 Å². The molecule has 0 fully saturated rings. The van der Waals surface area contributed by atoms with Crippen LogP contribution in [0, 0.1) is 0 Å². The maximum atomic E-state index is 12.9. The molecule has 1 N–H and O–H groups in total. The molecule has 3 rings (SSSR count). The number of carbonyl (C=O) groups is 1. The van der Waals surface area contributed by atoms with Gasteiger partial charge in [0, 0.05) is 29.5 Å². The maximum absolute atomic E-state index is 12.9. The highest BCUT2D eigenvalue weighted by atomic mass is 35.5. The van der Waals surface area contributed by atoms with Gasteiger partial charge in [-0.25, -0.2) is 8.42 Å². The average molecular weight is 420 g/mol. The summed E-state index contributed by atoms with van der Waals surface area (Å²) in [6, 6.07) is 11.7. The molecular formula is C19H18ClN3O4S. The van der Waals surface area contributed by atoms with Crippen LogP contribution < -0.4 is 10.1 Å². The van der Waals surface area contributed by atoms with E-state index < -0.39 is 15.7 Å². The van der Waals surface area contributed by atoms with Gasteiger partial charge in [0.25, 0.3) is 5.91 Å². The van der Waals surface area contributed by atoms with Gasteiger partial charge in [-0.1, -0.05) is 11.6 Å². The van der Waals surface area contributed by atoms with Crippen LogP contribution in [-0.2, 0) is 16.4 Å². The highest BCUT2D eigenvalue weighted by molar-refractivity contribution is 7.91. The number of aryl methyl sites for hydroxylation is 1. The van der Waals surface area contributed by atoms with Crippen molar-refractivity contribution in [3.63, 3.8) is 0 Å². The number of aromatic nitrogens is 2. The minimum absolute atomic E-state index is 0.0106. The van der Waals surface area contributed by atoms with Crippen LogP contribution in [0.3, 0.4) is 0 Å². The molecule has 0 saturated carbocycles. The molecule has 9 heteroatoms. The number of halogens is 1. The Morgan fingerprint density at radius 3 is 2.46 bits per heavy atom. The lowest BCUT2D eigenvalue weighted by molar-refractivity contribution is 0.102. The number of nitrogens with one attached hydrogen (secondary N) is 1. The molecule has 0 aliphatic carbocycles. The fourth-order valence-corrected chi connectivity index (χ4v) is 3.97. The van der Waals surface area contributed by atoms with Crippen molar-refractivity contribution in [3.05, 3.63) is 65.4 Å². The molecule has 1 amide bonds. The molecule has 7 nitrogen and oxygen atoms in total. The van der Waals surface area contributed by atoms with Crippen LogP contribution in [0.4, 0.5) is 5.69 Å². The van der Waals surface area contributed by atoms with Crippen molar-refractivity contribution in [2.75, 3.05) is 12.4 Å². The van der Waals surface area contributed by atoms with Gasteiger partial charge >= 0.3 is 0 Å². The number of nitrogens with zero attached hydrogens (tertiary/aromatic N) is 2. The number of benzene rings is 2. The van der Waals surface area contributed by atoms with Crippen LogP contribution in [0.15, 0.2) is 64.5 Å². The highest BCUT2D eigenvalue weighted by Gasteiger charge is 2.20. The monoisotopic (exact) mass is 419 g/mol. The summed E-state index contributed by atoms with van der Waals surface area (Å²) in [4.78, 5) is 12.5. The van der Waals surface area contributed by atoms with Gasteiger partial charge < -0.3 is 10.1 Å². The average Bonchev–Trinajstić information content (AvgIpc) is 3.17. The molecular weight excluding hydrogens is 402 g/mol. The molecule has 0 spiro atoms. The van der Waals surface area contributed by atoms with E-state index in [1.165, 1.54) is 49.6 Å². The van der Waals surface area contributed by atoms with Gasteiger partial charge in [0.1, 0.15) is 5.75 Å². The molecule has 3 aromatic rings. The predicted octanol–water partition coefficient (Wildman–Crippen LogP) is 3.65. The maximum Gasteiger partial charge on any atom is 0.276 e. The summed E-state index contributed by atoms with van der Waals surface area (Å²) in [5.74, 6) is -0.153. The van der Waals surface area contributed by atoms with E-state index in [2.05, 4.69) is 10.4 Å². The molecule has 1 heterocycles. The molecule has 28 heavy (non-hydrogen) atoms. The van der Waals surface area contributed by atoms with Crippen molar-refractivity contribution in [2.45, 2.75) is 23.3 Å². The first-order chi connectivity index (χ1) is 13.3. The van der Waals surface area contributed by atoms with E-state index in [-0.39, 0.29) is 21.2 Å². The summed E-state index contributed by atoms with van der Waals surface area (Å²) in [6.45, 7) is 2.54. The second-order valence-corrected chi connectivity index (χ2v) is 8.25. The Hall–Kier alpha value is -2.84. The largest absolute Gasteiger partial charge is 0.497 e. The van der Waals surface area contributed by atoms with E-state index in [9.17, 15) is 13.2 Å². The highest BCUT2D eigenvalue weighted by Crippen LogP contribution is 2.29. The van der Waals surface area contributed by atoms with Gasteiger partial charge in [-0.15, -0.1) is 0 Å². The smallest absolute Gasteiger partial charge is 0.276 e. The number of amides is 1. The van der Waals surface area contributed by atoms with Gasteiger partial charge in [-0.3, -0.25) is 9.48 Å². The normalized spacial score (nSPS) is 11.2. The number of hydrogen-bond acceptors (Lipinski definition) is 5. The van der Waals surface area contributed by atoms with E-state index in [0.29, 0.717) is 17.3 Å². The molecule has 0 radical (unpaired) electrons. The number of sulfone groups is 1. The quantitative estimate of drug-likeness (QED) is 0.658. The first-order valence-corrected chi connectivity index (χ1v) is 10.2. The van der Waals surface area contributed by atoms with Crippen LogP contribution in [0.5, 0.6) is 5.75 Å². The Morgan fingerprint density at radius 1 is 1.14 bits per heavy atom. The zero-order valence-corrected chi connectivity index (χ0v) is 16.8. The van der Waals surface area contributed by atoms with Crippen LogP contribution >= 0.6 is 11.6 Å². The van der Waals surface area contributed by atoms with E-state index in [1.54, 1.807) is 16.9 Å². The Labute approximate surface area is 167 Å². The van der Waals surface area contributed by atoms with Crippen LogP contribution in [0.2, 0.25) is 5.02 Å². The summed E-state index contributed by atoms with van der Waals surface area (Å²) in [5, 5.41) is 7.23. The minimum Gasteiger partial charge on any atom is -0.497 e. The SMILES string of the molecule is CCn1ccc(C(=O)Nc2cc(OC)cc(S(=O)(=O)c3ccc(Cl)cc3)c2)n1. The molecule has 0 aliphatic rings. The molecule has 146 valence electrons. The second-order valence-electron chi connectivity index (χ2n) is 5.87. The molecule has 0 bridgehead atoms. The van der Waals surface area contributed by atoms with E-state index >= 15 is 0 Å². The summed E-state index contributed by atoms with van der Waals surface area (Å²) in [7, 11) is -2.40. The predicted molar refractivity (Wildman–Crippen MR) is 106 cm³/mol. The molecule has 0 saturated heterocycles. The Morgan fingerprint density at radius 2 is 1.86 bits per heavy atom. The zero-order valence-electron chi connectivity index (χ0n) is 15.2. The fourth-order valence-electron chi connectivity index (χ4n) is 2.52. The summed E-state index contributed by atoms with van der Waals surface area (Å²) in [5.41, 5.74) is 0.509. The molecule has 1 aromatic heterocycles. The summed E-state index contributed by atoms with van der Waals surface area (Å²) < 4.78 is 32.7. The van der Waals surface area contributed by atoms with Gasteiger partial charge in [0.15, 0.2) is 5.69 Å². The third-order valence-corrected chi connectivity index (χ3v) is 6.01. The van der Waals surface area contributed by atoms with Crippen molar-refractivity contribution >= 4 is 33.0 Å². The number of carbonyl (C=O) groups excluding carboxylic acids is 1. The number of ether oxygens (including phenoxy) is 1. The Balaban J connectivity index is 1.95. The zero-order chi connectivity index (χ0) is 20.3. The van der Waals surface area contributed by atoms with Gasteiger partial charge in [-0.05, 0) is 49.4 Å². The number of rotatable bonds is 6. The first kappa shape index (κ1) is 19.9. The molecule has 0 aliphatic heterocycles. The second kappa shape index (κ2) is 8.04. The van der Waals surface area contributed by atoms with Crippen molar-refractivity contribution in [3.8, 4) is 5.75 Å². The van der Waals surface area contributed by atoms with Gasteiger partial charge in [0.2, 0.25) is 9.84 Å². The number of methoxy groups -OCH3 is 1. The first-order valence-electron chi connectivity index (χ1n) is 8.38. The fraction of sp³-hybridized carbons (Fsp3) is 0.158. The van der Waals surface area contributed by atoms with Crippen molar-refractivity contribution in [2.24, 2.45) is 0 Å². The van der Waals surface area contributed by atoms with E-state index in [0.717, 1.165) is 0 Å². The number of anilines is 1. The van der Waals surface area contributed by atoms with Crippen molar-refractivity contribution in [1.82, 2.24) is 9.78 Å². The van der Waals surface area contributed by atoms with E-state index in [4.69, 9.17) is 16.3 Å². The lowest BCUT2D eigenvalue weighted by atomic mass is 10.3. The lowest BCUT2D eigenvalue weighted by Gasteiger charge is -2.11. The van der Waals surface area contributed by atoms with Gasteiger partial charge in [0.05, 0.1) is 16.9 Å². The third kappa shape index (κ3) is 4.18. The topological polar surface area (TPSA) is 90.3 Å². The lowest BCUT2D eigenvalue weighted by Crippen LogP contribution is -2.14. The van der Waals surface area contributed by atoms with Gasteiger partial charge in [-0.2, -0.15) is 5.10 Å². The van der Waals surface area contributed by atoms with Crippen molar-refractivity contribution < 1.29 is 17.9 Å². The molecule has 0 unspecified atom stereocenters. The van der Waals surface area contributed by atoms with E-state index in [1.807, 2.05) is 6.92 Å². The molecule has 0 atom stereocenters. The third-order valence-electron chi connectivity index (χ3n) is 4.01. The van der Waals surface area contributed by atoms with Crippen LogP contribution in [-0.4, -0.2) is 31.2 Å².